The summed E-state index contributed by atoms with van der Waals surface area (Å²) in [6.45, 7) is 2.18. The molecule has 1 aromatic carbocycles. The fourth-order valence-corrected chi connectivity index (χ4v) is 3.83. The highest BCUT2D eigenvalue weighted by Gasteiger charge is 2.37. The van der Waals surface area contributed by atoms with E-state index in [4.69, 9.17) is 9.47 Å². The fourth-order valence-electron chi connectivity index (χ4n) is 3.14. The molecule has 1 atom stereocenters. The standard InChI is InChI=1S/C16H23BrO3/c1-16(9-5-4-6-10-16)15(18)11-7-8-12(19-2)13(17)14(11)20-3/h7-8,15,18H,4-6,9-10H2,1-3H3. The number of aliphatic hydroxyl groups excluding tert-OH is 1. The van der Waals surface area contributed by atoms with Crippen LogP contribution in [-0.2, 0) is 0 Å². The van der Waals surface area contributed by atoms with Gasteiger partial charge in [0.25, 0.3) is 0 Å². The van der Waals surface area contributed by atoms with Crippen molar-refractivity contribution in [3.63, 3.8) is 0 Å². The second-order valence-electron chi connectivity index (χ2n) is 5.82. The van der Waals surface area contributed by atoms with Crippen LogP contribution in [0.25, 0.3) is 0 Å². The lowest BCUT2D eigenvalue weighted by Gasteiger charge is -2.38. The van der Waals surface area contributed by atoms with Crippen LogP contribution in [0.5, 0.6) is 11.5 Å². The molecule has 4 heteroatoms. The van der Waals surface area contributed by atoms with Gasteiger partial charge in [-0.3, -0.25) is 0 Å². The SMILES string of the molecule is COc1ccc(C(O)C2(C)CCCCC2)c(OC)c1Br. The summed E-state index contributed by atoms with van der Waals surface area (Å²) in [7, 11) is 3.25. The number of ether oxygens (including phenoxy) is 2. The minimum absolute atomic E-state index is 0.0699. The van der Waals surface area contributed by atoms with E-state index in [9.17, 15) is 5.11 Å². The Kier molecular flexibility index (Phi) is 4.97. The van der Waals surface area contributed by atoms with Gasteiger partial charge in [0, 0.05) is 5.56 Å². The molecule has 1 aliphatic carbocycles. The van der Waals surface area contributed by atoms with Crippen molar-refractivity contribution in [3.8, 4) is 11.5 Å². The van der Waals surface area contributed by atoms with Crippen LogP contribution in [0.15, 0.2) is 16.6 Å². The average Bonchev–Trinajstić information content (AvgIpc) is 2.47. The van der Waals surface area contributed by atoms with Crippen molar-refractivity contribution in [2.75, 3.05) is 14.2 Å². The molecule has 0 bridgehead atoms. The fraction of sp³-hybridized carbons (Fsp3) is 0.625. The Bertz CT molecular complexity index is 467. The van der Waals surface area contributed by atoms with Gasteiger partial charge in [-0.2, -0.15) is 0 Å². The Balaban J connectivity index is 2.38. The van der Waals surface area contributed by atoms with Crippen LogP contribution in [0.4, 0.5) is 0 Å². The molecule has 1 aromatic rings. The maximum atomic E-state index is 10.9. The maximum absolute atomic E-state index is 10.9. The first-order valence-electron chi connectivity index (χ1n) is 7.12. The minimum Gasteiger partial charge on any atom is -0.495 e. The molecule has 1 fully saturated rings. The van der Waals surface area contributed by atoms with Crippen LogP contribution in [0.2, 0.25) is 0 Å². The highest BCUT2D eigenvalue weighted by Crippen LogP contribution is 2.49. The second kappa shape index (κ2) is 6.35. The molecule has 0 spiro atoms. The van der Waals surface area contributed by atoms with Gasteiger partial charge in [0.15, 0.2) is 0 Å². The molecule has 112 valence electrons. The summed E-state index contributed by atoms with van der Waals surface area (Å²) in [6.07, 6.45) is 5.24. The first-order chi connectivity index (χ1) is 9.53. The Morgan fingerprint density at radius 1 is 1.15 bits per heavy atom. The molecular weight excluding hydrogens is 320 g/mol. The number of rotatable bonds is 4. The molecule has 0 radical (unpaired) electrons. The third-order valence-electron chi connectivity index (χ3n) is 4.47. The predicted octanol–water partition coefficient (Wildman–Crippen LogP) is 4.47. The smallest absolute Gasteiger partial charge is 0.142 e. The molecule has 1 unspecified atom stereocenters. The van der Waals surface area contributed by atoms with Gasteiger partial charge in [0.1, 0.15) is 16.0 Å². The molecule has 1 saturated carbocycles. The van der Waals surface area contributed by atoms with Crippen molar-refractivity contribution in [1.29, 1.82) is 0 Å². The molecule has 0 heterocycles. The van der Waals surface area contributed by atoms with E-state index < -0.39 is 6.10 Å². The van der Waals surface area contributed by atoms with Gasteiger partial charge in [0.2, 0.25) is 0 Å². The summed E-state index contributed by atoms with van der Waals surface area (Å²) in [5, 5.41) is 10.9. The topological polar surface area (TPSA) is 38.7 Å². The van der Waals surface area contributed by atoms with Crippen molar-refractivity contribution in [1.82, 2.24) is 0 Å². The van der Waals surface area contributed by atoms with Crippen LogP contribution in [-0.4, -0.2) is 19.3 Å². The van der Waals surface area contributed by atoms with Gasteiger partial charge in [-0.15, -0.1) is 0 Å². The van der Waals surface area contributed by atoms with Gasteiger partial charge >= 0.3 is 0 Å². The average molecular weight is 343 g/mol. The number of hydrogen-bond acceptors (Lipinski definition) is 3. The molecule has 1 N–H and O–H groups in total. The zero-order valence-corrected chi connectivity index (χ0v) is 14.0. The Morgan fingerprint density at radius 2 is 1.80 bits per heavy atom. The molecule has 2 rings (SSSR count). The van der Waals surface area contributed by atoms with E-state index in [-0.39, 0.29) is 5.41 Å². The minimum atomic E-state index is -0.514. The summed E-state index contributed by atoms with van der Waals surface area (Å²) in [6, 6.07) is 3.78. The summed E-state index contributed by atoms with van der Waals surface area (Å²) in [4.78, 5) is 0. The summed E-state index contributed by atoms with van der Waals surface area (Å²) < 4.78 is 11.5. The molecule has 0 aromatic heterocycles. The lowest BCUT2D eigenvalue weighted by atomic mass is 9.70. The highest BCUT2D eigenvalue weighted by atomic mass is 79.9. The summed E-state index contributed by atoms with van der Waals surface area (Å²) >= 11 is 3.50. The van der Waals surface area contributed by atoms with Crippen LogP contribution >= 0.6 is 15.9 Å². The number of benzene rings is 1. The first kappa shape index (κ1) is 15.6. The predicted molar refractivity (Wildman–Crippen MR) is 83.4 cm³/mol. The molecule has 1 aliphatic rings. The van der Waals surface area contributed by atoms with Gasteiger partial charge in [-0.1, -0.05) is 26.2 Å². The van der Waals surface area contributed by atoms with Gasteiger partial charge < -0.3 is 14.6 Å². The normalized spacial score (nSPS) is 19.4. The van der Waals surface area contributed by atoms with E-state index in [0.717, 1.165) is 22.9 Å². The van der Waals surface area contributed by atoms with Crippen molar-refractivity contribution >= 4 is 15.9 Å². The Morgan fingerprint density at radius 3 is 2.35 bits per heavy atom. The number of methoxy groups -OCH3 is 2. The third kappa shape index (κ3) is 2.82. The van der Waals surface area contributed by atoms with Crippen LogP contribution in [0, 0.1) is 5.41 Å². The summed E-state index contributed by atoms with van der Waals surface area (Å²) in [5.74, 6) is 1.38. The molecule has 3 nitrogen and oxygen atoms in total. The third-order valence-corrected chi connectivity index (χ3v) is 5.22. The van der Waals surface area contributed by atoms with Gasteiger partial charge in [-0.25, -0.2) is 0 Å². The summed E-state index contributed by atoms with van der Waals surface area (Å²) in [5.41, 5.74) is 0.768. The van der Waals surface area contributed by atoms with Crippen molar-refractivity contribution < 1.29 is 14.6 Å². The number of halogens is 1. The first-order valence-corrected chi connectivity index (χ1v) is 7.91. The van der Waals surface area contributed by atoms with Crippen LogP contribution in [0.1, 0.15) is 50.7 Å². The zero-order chi connectivity index (χ0) is 14.8. The molecular formula is C16H23BrO3. The van der Waals surface area contributed by atoms with Crippen LogP contribution < -0.4 is 9.47 Å². The van der Waals surface area contributed by atoms with E-state index >= 15 is 0 Å². The second-order valence-corrected chi connectivity index (χ2v) is 6.61. The quantitative estimate of drug-likeness (QED) is 0.877. The van der Waals surface area contributed by atoms with E-state index in [1.165, 1.54) is 19.3 Å². The molecule has 0 amide bonds. The molecule has 20 heavy (non-hydrogen) atoms. The molecule has 0 aliphatic heterocycles. The monoisotopic (exact) mass is 342 g/mol. The van der Waals surface area contributed by atoms with Crippen molar-refractivity contribution in [3.05, 3.63) is 22.2 Å². The van der Waals surface area contributed by atoms with Gasteiger partial charge in [0.05, 0.1) is 20.3 Å². The lowest BCUT2D eigenvalue weighted by molar-refractivity contribution is 0.00660. The van der Waals surface area contributed by atoms with Crippen molar-refractivity contribution in [2.24, 2.45) is 5.41 Å². The van der Waals surface area contributed by atoms with E-state index in [1.807, 2.05) is 12.1 Å². The highest BCUT2D eigenvalue weighted by molar-refractivity contribution is 9.10. The Hall–Kier alpha value is -0.740. The molecule has 0 saturated heterocycles. The Labute approximate surface area is 129 Å². The maximum Gasteiger partial charge on any atom is 0.142 e. The number of aliphatic hydroxyl groups is 1. The van der Waals surface area contributed by atoms with Gasteiger partial charge in [-0.05, 0) is 46.3 Å². The van der Waals surface area contributed by atoms with E-state index in [0.29, 0.717) is 11.5 Å². The lowest BCUT2D eigenvalue weighted by Crippen LogP contribution is -2.28. The van der Waals surface area contributed by atoms with E-state index in [1.54, 1.807) is 14.2 Å². The zero-order valence-electron chi connectivity index (χ0n) is 12.4. The largest absolute Gasteiger partial charge is 0.495 e. The van der Waals surface area contributed by atoms with Crippen LogP contribution in [0.3, 0.4) is 0 Å². The van der Waals surface area contributed by atoms with E-state index in [2.05, 4.69) is 22.9 Å². The van der Waals surface area contributed by atoms with Crippen molar-refractivity contribution in [2.45, 2.75) is 45.1 Å². The number of hydrogen-bond donors (Lipinski definition) is 1.